The van der Waals surface area contributed by atoms with Crippen LogP contribution in [0.15, 0.2) is 29.4 Å². The highest BCUT2D eigenvalue weighted by atomic mass is 32.1. The van der Waals surface area contributed by atoms with Crippen molar-refractivity contribution in [1.29, 1.82) is 0 Å². The van der Waals surface area contributed by atoms with Gasteiger partial charge in [0.2, 0.25) is 0 Å². The van der Waals surface area contributed by atoms with Crippen LogP contribution in [0.25, 0.3) is 0 Å². The summed E-state index contributed by atoms with van der Waals surface area (Å²) in [4.78, 5) is 24.8. The molecule has 1 aliphatic heterocycles. The molecule has 1 fully saturated rings. The van der Waals surface area contributed by atoms with E-state index in [1.807, 2.05) is 23.4 Å². The Morgan fingerprint density at radius 2 is 2.18 bits per heavy atom. The van der Waals surface area contributed by atoms with Gasteiger partial charge in [-0.05, 0) is 18.6 Å². The fourth-order valence-electron chi connectivity index (χ4n) is 2.46. The van der Waals surface area contributed by atoms with E-state index in [2.05, 4.69) is 25.6 Å². The highest BCUT2D eigenvalue weighted by molar-refractivity contribution is 7.07. The Morgan fingerprint density at radius 1 is 1.36 bits per heavy atom. The highest BCUT2D eigenvalue weighted by Gasteiger charge is 2.21. The van der Waals surface area contributed by atoms with Crippen molar-refractivity contribution < 1.29 is 4.79 Å². The Labute approximate surface area is 133 Å². The number of aryl methyl sites for hydroxylation is 1. The van der Waals surface area contributed by atoms with Gasteiger partial charge in [-0.25, -0.2) is 9.78 Å². The lowest BCUT2D eigenvalue weighted by atomic mass is 10.2. The summed E-state index contributed by atoms with van der Waals surface area (Å²) in [5.41, 5.74) is 4.76. The third-order valence-electron chi connectivity index (χ3n) is 3.79. The van der Waals surface area contributed by atoms with Crippen LogP contribution in [0.4, 0.5) is 10.5 Å². The number of aromatic nitrogens is 2. The predicted octanol–water partition coefficient (Wildman–Crippen LogP) is 2.20. The minimum Gasteiger partial charge on any atom is -0.322 e. The first-order chi connectivity index (χ1) is 10.7. The van der Waals surface area contributed by atoms with Gasteiger partial charge in [0.15, 0.2) is 0 Å². The van der Waals surface area contributed by atoms with E-state index in [4.69, 9.17) is 0 Å². The number of pyridine rings is 1. The summed E-state index contributed by atoms with van der Waals surface area (Å²) < 4.78 is 0. The van der Waals surface area contributed by atoms with E-state index in [0.717, 1.165) is 49.7 Å². The molecule has 3 heterocycles. The normalized spacial score (nSPS) is 15.8. The fourth-order valence-corrected chi connectivity index (χ4v) is 3.01. The molecule has 0 unspecified atom stereocenters. The van der Waals surface area contributed by atoms with Crippen LogP contribution in [0, 0.1) is 6.92 Å². The highest BCUT2D eigenvalue weighted by Crippen LogP contribution is 2.14. The predicted molar refractivity (Wildman–Crippen MR) is 87.0 cm³/mol. The summed E-state index contributed by atoms with van der Waals surface area (Å²) >= 11 is 1.62. The quantitative estimate of drug-likeness (QED) is 0.943. The minimum absolute atomic E-state index is 0.0393. The second-order valence-corrected chi connectivity index (χ2v) is 6.08. The van der Waals surface area contributed by atoms with E-state index >= 15 is 0 Å². The van der Waals surface area contributed by atoms with Crippen LogP contribution < -0.4 is 5.32 Å². The molecule has 6 nitrogen and oxygen atoms in total. The monoisotopic (exact) mass is 317 g/mol. The molecule has 0 spiro atoms. The number of amides is 2. The third-order valence-corrected chi connectivity index (χ3v) is 4.43. The Balaban J connectivity index is 1.50. The van der Waals surface area contributed by atoms with Crippen molar-refractivity contribution >= 4 is 23.1 Å². The Kier molecular flexibility index (Phi) is 4.65. The molecule has 7 heteroatoms. The van der Waals surface area contributed by atoms with E-state index in [1.54, 1.807) is 23.7 Å². The van der Waals surface area contributed by atoms with Crippen molar-refractivity contribution in [1.82, 2.24) is 19.8 Å². The van der Waals surface area contributed by atoms with E-state index < -0.39 is 0 Å². The Morgan fingerprint density at radius 3 is 2.86 bits per heavy atom. The van der Waals surface area contributed by atoms with Gasteiger partial charge in [-0.2, -0.15) is 0 Å². The van der Waals surface area contributed by atoms with Crippen molar-refractivity contribution in [3.05, 3.63) is 40.6 Å². The standard InChI is InChI=1S/C15H19N5OS/c1-12-8-16-3-2-14(12)18-15(21)20-6-4-19(5-7-20)9-13-10-22-11-17-13/h2-3,8,10-11H,4-7,9H2,1H3,(H,16,18,21). The zero-order valence-corrected chi connectivity index (χ0v) is 13.3. The van der Waals surface area contributed by atoms with Gasteiger partial charge < -0.3 is 10.2 Å². The molecule has 116 valence electrons. The summed E-state index contributed by atoms with van der Waals surface area (Å²) in [5.74, 6) is 0. The van der Waals surface area contributed by atoms with Gasteiger partial charge in [0, 0.05) is 56.2 Å². The number of nitrogens with one attached hydrogen (secondary N) is 1. The molecule has 0 saturated carbocycles. The molecule has 0 aromatic carbocycles. The first kappa shape index (κ1) is 14.9. The van der Waals surface area contributed by atoms with Gasteiger partial charge in [-0.3, -0.25) is 9.88 Å². The number of carbonyl (C=O) groups is 1. The maximum absolute atomic E-state index is 12.3. The summed E-state index contributed by atoms with van der Waals surface area (Å²) in [6.07, 6.45) is 3.44. The van der Waals surface area contributed by atoms with Gasteiger partial charge in [-0.1, -0.05) is 0 Å². The van der Waals surface area contributed by atoms with Gasteiger partial charge >= 0.3 is 6.03 Å². The lowest BCUT2D eigenvalue weighted by Gasteiger charge is -2.34. The van der Waals surface area contributed by atoms with Crippen LogP contribution in [-0.2, 0) is 6.54 Å². The van der Waals surface area contributed by atoms with E-state index in [0.29, 0.717) is 0 Å². The Hall–Kier alpha value is -1.99. The average Bonchev–Trinajstić information content (AvgIpc) is 3.03. The molecular formula is C15H19N5OS. The first-order valence-corrected chi connectivity index (χ1v) is 8.22. The maximum atomic E-state index is 12.3. The van der Waals surface area contributed by atoms with Crippen LogP contribution in [-0.4, -0.2) is 52.0 Å². The number of urea groups is 1. The van der Waals surface area contributed by atoms with Gasteiger partial charge in [0.05, 0.1) is 11.2 Å². The number of carbonyl (C=O) groups excluding carboxylic acids is 1. The smallest absolute Gasteiger partial charge is 0.321 e. The van der Waals surface area contributed by atoms with Crippen LogP contribution >= 0.6 is 11.3 Å². The molecule has 2 amide bonds. The molecule has 1 N–H and O–H groups in total. The topological polar surface area (TPSA) is 61.4 Å². The number of anilines is 1. The number of rotatable bonds is 3. The molecule has 1 saturated heterocycles. The molecule has 0 radical (unpaired) electrons. The van der Waals surface area contributed by atoms with E-state index in [-0.39, 0.29) is 6.03 Å². The van der Waals surface area contributed by atoms with Gasteiger partial charge in [0.1, 0.15) is 0 Å². The third kappa shape index (κ3) is 3.61. The molecule has 0 aliphatic carbocycles. The molecule has 22 heavy (non-hydrogen) atoms. The van der Waals surface area contributed by atoms with Crippen LogP contribution in [0.5, 0.6) is 0 Å². The zero-order chi connectivity index (χ0) is 15.4. The summed E-state index contributed by atoms with van der Waals surface area (Å²) in [6, 6.07) is 1.79. The number of piperazine rings is 1. The largest absolute Gasteiger partial charge is 0.322 e. The number of thiazole rings is 1. The molecule has 0 atom stereocenters. The van der Waals surface area contributed by atoms with Gasteiger partial charge in [0.25, 0.3) is 0 Å². The van der Waals surface area contributed by atoms with Crippen molar-refractivity contribution in [3.8, 4) is 0 Å². The van der Waals surface area contributed by atoms with E-state index in [1.165, 1.54) is 0 Å². The lowest BCUT2D eigenvalue weighted by molar-refractivity contribution is 0.142. The first-order valence-electron chi connectivity index (χ1n) is 7.28. The second-order valence-electron chi connectivity index (χ2n) is 5.36. The summed E-state index contributed by atoms with van der Waals surface area (Å²) in [5, 5.41) is 5.03. The SMILES string of the molecule is Cc1cnccc1NC(=O)N1CCN(Cc2cscn2)CC1. The molecule has 2 aromatic rings. The summed E-state index contributed by atoms with van der Waals surface area (Å²) in [6.45, 7) is 6.03. The van der Waals surface area contributed by atoms with E-state index in [9.17, 15) is 4.79 Å². The second kappa shape index (κ2) is 6.85. The lowest BCUT2D eigenvalue weighted by Crippen LogP contribution is -2.49. The zero-order valence-electron chi connectivity index (χ0n) is 12.5. The number of nitrogens with zero attached hydrogens (tertiary/aromatic N) is 4. The van der Waals surface area contributed by atoms with Crippen LogP contribution in [0.1, 0.15) is 11.3 Å². The molecule has 1 aliphatic rings. The van der Waals surface area contributed by atoms with Crippen molar-refractivity contribution in [3.63, 3.8) is 0 Å². The molecule has 3 rings (SSSR count). The van der Waals surface area contributed by atoms with Crippen molar-refractivity contribution in [2.45, 2.75) is 13.5 Å². The Bertz CT molecular complexity index is 623. The average molecular weight is 317 g/mol. The molecule has 0 bridgehead atoms. The van der Waals surface area contributed by atoms with Gasteiger partial charge in [-0.15, -0.1) is 11.3 Å². The van der Waals surface area contributed by atoms with Crippen molar-refractivity contribution in [2.75, 3.05) is 31.5 Å². The number of hydrogen-bond acceptors (Lipinski definition) is 5. The maximum Gasteiger partial charge on any atom is 0.321 e. The fraction of sp³-hybridized carbons (Fsp3) is 0.400. The van der Waals surface area contributed by atoms with Crippen LogP contribution in [0.3, 0.4) is 0 Å². The van der Waals surface area contributed by atoms with Crippen molar-refractivity contribution in [2.24, 2.45) is 0 Å². The molecule has 2 aromatic heterocycles. The minimum atomic E-state index is -0.0393. The summed E-state index contributed by atoms with van der Waals surface area (Å²) in [7, 11) is 0. The van der Waals surface area contributed by atoms with Crippen LogP contribution in [0.2, 0.25) is 0 Å². The molecular weight excluding hydrogens is 298 g/mol. The number of hydrogen-bond donors (Lipinski definition) is 1.